The Kier molecular flexibility index (Phi) is 11.0. The minimum absolute atomic E-state index is 0.0891. The van der Waals surface area contributed by atoms with Gasteiger partial charge in [-0.15, -0.1) is 0 Å². The second kappa shape index (κ2) is 16.2. The first kappa shape index (κ1) is 37.9. The maximum absolute atomic E-state index is 13.3. The second-order valence-electron chi connectivity index (χ2n) is 15.8. The summed E-state index contributed by atoms with van der Waals surface area (Å²) in [6, 6.07) is 14.1. The highest BCUT2D eigenvalue weighted by molar-refractivity contribution is 6.31. The number of imide groups is 2. The summed E-state index contributed by atoms with van der Waals surface area (Å²) in [4.78, 5) is 76.3. The van der Waals surface area contributed by atoms with Crippen molar-refractivity contribution in [3.8, 4) is 5.75 Å². The number of aromatic nitrogens is 1. The molecule has 4 fully saturated rings. The molecule has 4 aliphatic heterocycles. The standard InChI is InChI=1S/C42H48ClN7O6/c1-26-2-7-32(23-35(26)43)56-31-8-4-29(5-9-31)45-39(52)28-3-12-37(44-24-28)49-16-14-27(15-17-49)25-47-18-20-48(21-19-47)30-6-10-33-34(22-30)42(55)50(41(33)54)36-11-13-38(51)46-40(36)53/h2-3,6-7,10,12,22-24,27,29,31,36H,4-5,8-9,11,13-21,25H2,1H3,(H,45,52)(H,46,51,53). The van der Waals surface area contributed by atoms with Gasteiger partial charge in [-0.3, -0.25) is 39.1 Å². The van der Waals surface area contributed by atoms with Crippen LogP contribution in [0.2, 0.25) is 5.02 Å². The molecule has 8 rings (SSSR count). The van der Waals surface area contributed by atoms with Crippen LogP contribution in [0.15, 0.2) is 54.7 Å². The van der Waals surface area contributed by atoms with Crippen LogP contribution in [0, 0.1) is 12.8 Å². The molecule has 3 saturated heterocycles. The van der Waals surface area contributed by atoms with Crippen molar-refractivity contribution in [2.75, 3.05) is 55.6 Å². The van der Waals surface area contributed by atoms with Gasteiger partial charge in [0.1, 0.15) is 17.6 Å². The average molecular weight is 782 g/mol. The fourth-order valence-corrected chi connectivity index (χ4v) is 8.87. The molecule has 1 saturated carbocycles. The quantitative estimate of drug-likeness (QED) is 0.296. The number of piperidine rings is 2. The Morgan fingerprint density at radius 1 is 0.839 bits per heavy atom. The number of piperazine rings is 1. The van der Waals surface area contributed by atoms with E-state index in [2.05, 4.69) is 30.3 Å². The molecule has 0 spiro atoms. The molecule has 5 heterocycles. The minimum atomic E-state index is -0.969. The Morgan fingerprint density at radius 3 is 2.29 bits per heavy atom. The van der Waals surface area contributed by atoms with Crippen molar-refractivity contribution in [3.05, 3.63) is 82.0 Å². The molecule has 2 aromatic carbocycles. The van der Waals surface area contributed by atoms with E-state index in [1.165, 1.54) is 0 Å². The minimum Gasteiger partial charge on any atom is -0.490 e. The molecule has 13 nitrogen and oxygen atoms in total. The highest BCUT2D eigenvalue weighted by atomic mass is 35.5. The smallest absolute Gasteiger partial charge is 0.262 e. The van der Waals surface area contributed by atoms with Crippen LogP contribution >= 0.6 is 11.6 Å². The number of halogens is 1. The molecule has 56 heavy (non-hydrogen) atoms. The van der Waals surface area contributed by atoms with Crippen molar-refractivity contribution in [1.29, 1.82) is 0 Å². The summed E-state index contributed by atoms with van der Waals surface area (Å²) in [5.74, 6) is 0.220. The molecular formula is C42H48ClN7O6. The number of amides is 5. The van der Waals surface area contributed by atoms with Crippen molar-refractivity contribution in [3.63, 3.8) is 0 Å². The number of benzene rings is 2. The third-order valence-electron chi connectivity index (χ3n) is 12.1. The van der Waals surface area contributed by atoms with Crippen molar-refractivity contribution < 1.29 is 28.7 Å². The van der Waals surface area contributed by atoms with Gasteiger partial charge in [-0.1, -0.05) is 17.7 Å². The van der Waals surface area contributed by atoms with Gasteiger partial charge in [-0.2, -0.15) is 0 Å². The second-order valence-corrected chi connectivity index (χ2v) is 16.2. The van der Waals surface area contributed by atoms with Crippen LogP contribution < -0.4 is 25.2 Å². The lowest BCUT2D eigenvalue weighted by Crippen LogP contribution is -2.54. The van der Waals surface area contributed by atoms with Crippen LogP contribution in [0.25, 0.3) is 0 Å². The fraction of sp³-hybridized carbons (Fsp3) is 0.476. The number of anilines is 2. The number of ether oxygens (including phenoxy) is 1. The van der Waals surface area contributed by atoms with Gasteiger partial charge in [0, 0.05) is 75.2 Å². The summed E-state index contributed by atoms with van der Waals surface area (Å²) in [7, 11) is 0. The van der Waals surface area contributed by atoms with E-state index in [1.807, 2.05) is 43.3 Å². The van der Waals surface area contributed by atoms with Crippen molar-refractivity contribution in [1.82, 2.24) is 25.4 Å². The van der Waals surface area contributed by atoms with E-state index < -0.39 is 23.8 Å². The number of hydrogen-bond donors (Lipinski definition) is 2. The lowest BCUT2D eigenvalue weighted by Gasteiger charge is -2.40. The summed E-state index contributed by atoms with van der Waals surface area (Å²) in [5.41, 5.74) is 3.09. The summed E-state index contributed by atoms with van der Waals surface area (Å²) < 4.78 is 6.15. The molecule has 0 radical (unpaired) electrons. The van der Waals surface area contributed by atoms with E-state index in [4.69, 9.17) is 16.3 Å². The van der Waals surface area contributed by atoms with E-state index in [9.17, 15) is 24.0 Å². The maximum atomic E-state index is 13.3. The predicted molar refractivity (Wildman–Crippen MR) is 211 cm³/mol. The summed E-state index contributed by atoms with van der Waals surface area (Å²) in [6.07, 6.45) is 7.65. The molecule has 5 aliphatic rings. The molecular weight excluding hydrogens is 734 g/mol. The Bertz CT molecular complexity index is 2000. The molecule has 1 unspecified atom stereocenters. The van der Waals surface area contributed by atoms with E-state index in [1.54, 1.807) is 18.3 Å². The van der Waals surface area contributed by atoms with Crippen LogP contribution in [-0.2, 0) is 9.59 Å². The first-order valence-corrected chi connectivity index (χ1v) is 20.2. The molecule has 1 aliphatic carbocycles. The monoisotopic (exact) mass is 781 g/mol. The van der Waals surface area contributed by atoms with Gasteiger partial charge >= 0.3 is 0 Å². The molecule has 2 N–H and O–H groups in total. The molecule has 294 valence electrons. The number of aryl methyl sites for hydroxylation is 1. The Labute approximate surface area is 331 Å². The van der Waals surface area contributed by atoms with Crippen molar-refractivity contribution in [2.24, 2.45) is 5.92 Å². The van der Waals surface area contributed by atoms with Gasteiger partial charge in [0.15, 0.2) is 0 Å². The normalized spacial score (nSPS) is 23.6. The van der Waals surface area contributed by atoms with Crippen LogP contribution in [0.4, 0.5) is 11.5 Å². The number of pyridine rings is 1. The van der Waals surface area contributed by atoms with Gasteiger partial charge in [-0.25, -0.2) is 4.98 Å². The van der Waals surface area contributed by atoms with Crippen LogP contribution in [0.1, 0.15) is 88.0 Å². The zero-order valence-corrected chi connectivity index (χ0v) is 32.4. The highest BCUT2D eigenvalue weighted by Crippen LogP contribution is 2.32. The molecule has 1 aromatic heterocycles. The summed E-state index contributed by atoms with van der Waals surface area (Å²) in [6.45, 7) is 8.24. The van der Waals surface area contributed by atoms with Gasteiger partial charge < -0.3 is 19.9 Å². The van der Waals surface area contributed by atoms with Gasteiger partial charge in [-0.05, 0) is 106 Å². The average Bonchev–Trinajstić information content (AvgIpc) is 3.45. The zero-order valence-electron chi connectivity index (χ0n) is 31.7. The number of hydrogen-bond acceptors (Lipinski definition) is 10. The molecule has 5 amide bonds. The van der Waals surface area contributed by atoms with E-state index >= 15 is 0 Å². The first-order chi connectivity index (χ1) is 27.1. The SMILES string of the molecule is Cc1ccc(OC2CCC(NC(=O)c3ccc(N4CCC(CN5CCN(c6ccc7c(c6)C(=O)N(C6CCC(=O)NC6=O)C7=O)CC5)CC4)nc3)CC2)cc1Cl. The number of nitrogens with one attached hydrogen (secondary N) is 2. The summed E-state index contributed by atoms with van der Waals surface area (Å²) in [5, 5.41) is 6.14. The molecule has 0 bridgehead atoms. The molecule has 14 heteroatoms. The van der Waals surface area contributed by atoms with E-state index in [-0.39, 0.29) is 36.8 Å². The predicted octanol–water partition coefficient (Wildman–Crippen LogP) is 4.60. The first-order valence-electron chi connectivity index (χ1n) is 19.9. The molecule has 1 atom stereocenters. The number of rotatable bonds is 9. The number of nitrogens with zero attached hydrogens (tertiary/aromatic N) is 5. The van der Waals surface area contributed by atoms with Crippen molar-refractivity contribution in [2.45, 2.75) is 76.5 Å². The lowest BCUT2D eigenvalue weighted by atomic mass is 9.92. The Balaban J connectivity index is 0.755. The highest BCUT2D eigenvalue weighted by Gasteiger charge is 2.45. The number of fused-ring (bicyclic) bond motifs is 1. The topological polar surface area (TPSA) is 144 Å². The van der Waals surface area contributed by atoms with E-state index in [0.717, 1.165) is 112 Å². The van der Waals surface area contributed by atoms with E-state index in [0.29, 0.717) is 27.6 Å². The summed E-state index contributed by atoms with van der Waals surface area (Å²) >= 11 is 6.26. The lowest BCUT2D eigenvalue weighted by molar-refractivity contribution is -0.136. The molecule has 3 aromatic rings. The fourth-order valence-electron chi connectivity index (χ4n) is 8.69. The largest absolute Gasteiger partial charge is 0.490 e. The third-order valence-corrected chi connectivity index (χ3v) is 12.5. The zero-order chi connectivity index (χ0) is 38.9. The van der Waals surface area contributed by atoms with Crippen LogP contribution in [-0.4, -0.2) is 108 Å². The maximum Gasteiger partial charge on any atom is 0.262 e. The van der Waals surface area contributed by atoms with Crippen molar-refractivity contribution >= 4 is 52.6 Å². The van der Waals surface area contributed by atoms with Gasteiger partial charge in [0.25, 0.3) is 17.7 Å². The van der Waals surface area contributed by atoms with Gasteiger partial charge in [0.2, 0.25) is 11.8 Å². The third kappa shape index (κ3) is 8.10. The number of carbonyl (C=O) groups is 5. The van der Waals surface area contributed by atoms with Crippen LogP contribution in [0.3, 0.4) is 0 Å². The Hall–Kier alpha value is -5.01. The van der Waals surface area contributed by atoms with Gasteiger partial charge in [0.05, 0.1) is 22.8 Å². The number of carbonyl (C=O) groups excluding carboxylic acids is 5. The van der Waals surface area contributed by atoms with Crippen LogP contribution in [0.5, 0.6) is 5.75 Å². The Morgan fingerprint density at radius 2 is 1.59 bits per heavy atom.